The molecule has 0 aliphatic rings. The molecule has 3 aromatic carbocycles. The molecule has 0 amide bonds. The van der Waals surface area contributed by atoms with Crippen LogP contribution >= 0.6 is 0 Å². The summed E-state index contributed by atoms with van der Waals surface area (Å²) < 4.78 is 43.4. The van der Waals surface area contributed by atoms with Crippen molar-refractivity contribution in [3.8, 4) is 22.9 Å². The number of aromatic nitrogens is 2. The topological polar surface area (TPSA) is 104 Å². The van der Waals surface area contributed by atoms with Crippen molar-refractivity contribution < 1.29 is 22.4 Å². The Hall–Kier alpha value is -3.85. The van der Waals surface area contributed by atoms with Crippen molar-refractivity contribution in [2.75, 3.05) is 18.9 Å². The smallest absolute Gasteiger partial charge is 0.261 e. The van der Waals surface area contributed by atoms with Gasteiger partial charge in [-0.25, -0.2) is 8.42 Å². The molecule has 0 bridgehead atoms. The summed E-state index contributed by atoms with van der Waals surface area (Å²) in [6.45, 7) is 0. The van der Waals surface area contributed by atoms with Gasteiger partial charge in [0.05, 0.1) is 25.5 Å². The summed E-state index contributed by atoms with van der Waals surface area (Å²) in [4.78, 5) is 4.63. The second kappa shape index (κ2) is 9.11. The molecule has 0 atom stereocenters. The van der Waals surface area contributed by atoms with Crippen LogP contribution in [-0.4, -0.2) is 32.8 Å². The normalized spacial score (nSPS) is 11.2. The van der Waals surface area contributed by atoms with Gasteiger partial charge in [0, 0.05) is 11.3 Å². The summed E-state index contributed by atoms with van der Waals surface area (Å²) in [5.41, 5.74) is 2.07. The standard InChI is InChI=1S/C23H21N3O5S/c1-29-20-13-8-16(14-21(20)30-2)15-22-24-23(25-31-22)17-9-11-18(12-10-17)26-32(27,28)19-6-4-3-5-7-19/h3-14,26H,15H2,1-2H3. The molecule has 32 heavy (non-hydrogen) atoms. The molecule has 0 saturated carbocycles. The first-order chi connectivity index (χ1) is 15.5. The lowest BCUT2D eigenvalue weighted by atomic mass is 10.1. The third-order valence-electron chi connectivity index (χ3n) is 4.72. The number of nitrogens with zero attached hydrogens (tertiary/aromatic N) is 2. The number of nitrogens with one attached hydrogen (secondary N) is 1. The zero-order valence-electron chi connectivity index (χ0n) is 17.5. The quantitative estimate of drug-likeness (QED) is 0.429. The second-order valence-electron chi connectivity index (χ2n) is 6.87. The molecule has 164 valence electrons. The Bertz CT molecular complexity index is 1300. The van der Waals surface area contributed by atoms with Gasteiger partial charge in [0.2, 0.25) is 11.7 Å². The zero-order valence-corrected chi connectivity index (χ0v) is 18.3. The van der Waals surface area contributed by atoms with Crippen molar-refractivity contribution in [3.05, 3.63) is 84.3 Å². The predicted octanol–water partition coefficient (Wildman–Crippen LogP) is 4.15. The fraction of sp³-hybridized carbons (Fsp3) is 0.130. The van der Waals surface area contributed by atoms with Crippen LogP contribution in [-0.2, 0) is 16.4 Å². The van der Waals surface area contributed by atoms with E-state index in [2.05, 4.69) is 14.9 Å². The van der Waals surface area contributed by atoms with Gasteiger partial charge in [-0.15, -0.1) is 0 Å². The minimum atomic E-state index is -3.65. The molecule has 0 radical (unpaired) electrons. The first kappa shape index (κ1) is 21.4. The van der Waals surface area contributed by atoms with Crippen molar-refractivity contribution in [2.45, 2.75) is 11.3 Å². The molecular formula is C23H21N3O5S. The first-order valence-corrected chi connectivity index (χ1v) is 11.2. The van der Waals surface area contributed by atoms with Crippen LogP contribution < -0.4 is 14.2 Å². The van der Waals surface area contributed by atoms with Gasteiger partial charge < -0.3 is 14.0 Å². The molecule has 4 aromatic rings. The van der Waals surface area contributed by atoms with Crippen LogP contribution in [0.4, 0.5) is 5.69 Å². The lowest BCUT2D eigenvalue weighted by Crippen LogP contribution is -2.12. The van der Waals surface area contributed by atoms with E-state index in [1.54, 1.807) is 56.7 Å². The van der Waals surface area contributed by atoms with Crippen molar-refractivity contribution in [1.29, 1.82) is 0 Å². The summed E-state index contributed by atoms with van der Waals surface area (Å²) in [5, 5.41) is 4.03. The van der Waals surface area contributed by atoms with Gasteiger partial charge in [0.25, 0.3) is 10.0 Å². The number of benzene rings is 3. The van der Waals surface area contributed by atoms with Crippen LogP contribution in [0.2, 0.25) is 0 Å². The zero-order chi connectivity index (χ0) is 22.6. The molecule has 1 aromatic heterocycles. The van der Waals surface area contributed by atoms with E-state index in [4.69, 9.17) is 14.0 Å². The molecule has 0 aliphatic heterocycles. The molecule has 0 spiro atoms. The van der Waals surface area contributed by atoms with E-state index in [1.165, 1.54) is 12.1 Å². The van der Waals surface area contributed by atoms with Crippen LogP contribution in [0, 0.1) is 0 Å². The highest BCUT2D eigenvalue weighted by Crippen LogP contribution is 2.28. The maximum Gasteiger partial charge on any atom is 0.261 e. The van der Waals surface area contributed by atoms with Crippen LogP contribution in [0.3, 0.4) is 0 Å². The Morgan fingerprint density at radius 1 is 0.906 bits per heavy atom. The Morgan fingerprint density at radius 3 is 2.31 bits per heavy atom. The van der Waals surface area contributed by atoms with Crippen LogP contribution in [0.25, 0.3) is 11.4 Å². The summed E-state index contributed by atoms with van der Waals surface area (Å²) in [6, 6.07) is 20.5. The fourth-order valence-corrected chi connectivity index (χ4v) is 4.19. The molecule has 4 rings (SSSR count). The van der Waals surface area contributed by atoms with E-state index in [0.29, 0.717) is 40.9 Å². The average molecular weight is 452 g/mol. The third-order valence-corrected chi connectivity index (χ3v) is 6.12. The van der Waals surface area contributed by atoms with E-state index in [1.807, 2.05) is 18.2 Å². The average Bonchev–Trinajstić information content (AvgIpc) is 3.28. The predicted molar refractivity (Wildman–Crippen MR) is 119 cm³/mol. The summed E-state index contributed by atoms with van der Waals surface area (Å²) in [6.07, 6.45) is 0.433. The molecule has 0 fully saturated rings. The number of rotatable bonds is 8. The third kappa shape index (κ3) is 4.73. The van der Waals surface area contributed by atoms with Gasteiger partial charge in [0.15, 0.2) is 11.5 Å². The number of ether oxygens (including phenoxy) is 2. The highest BCUT2D eigenvalue weighted by atomic mass is 32.2. The van der Waals surface area contributed by atoms with Crippen molar-refractivity contribution in [1.82, 2.24) is 10.1 Å². The molecule has 0 saturated heterocycles. The van der Waals surface area contributed by atoms with Gasteiger partial charge in [-0.3, -0.25) is 4.72 Å². The van der Waals surface area contributed by atoms with Crippen LogP contribution in [0.15, 0.2) is 82.2 Å². The molecule has 8 nitrogen and oxygen atoms in total. The molecule has 9 heteroatoms. The SMILES string of the molecule is COc1ccc(Cc2nc(-c3ccc(NS(=O)(=O)c4ccccc4)cc3)no2)cc1OC. The summed E-state index contributed by atoms with van der Waals surface area (Å²) in [7, 11) is -0.489. The number of hydrogen-bond acceptors (Lipinski definition) is 7. The van der Waals surface area contributed by atoms with Gasteiger partial charge in [-0.2, -0.15) is 4.98 Å². The van der Waals surface area contributed by atoms with Crippen molar-refractivity contribution in [2.24, 2.45) is 0 Å². The van der Waals surface area contributed by atoms with E-state index >= 15 is 0 Å². The first-order valence-electron chi connectivity index (χ1n) is 9.70. The van der Waals surface area contributed by atoms with Gasteiger partial charge in [-0.1, -0.05) is 29.4 Å². The van der Waals surface area contributed by atoms with Crippen molar-refractivity contribution >= 4 is 15.7 Å². The van der Waals surface area contributed by atoms with E-state index in [9.17, 15) is 8.42 Å². The highest BCUT2D eigenvalue weighted by molar-refractivity contribution is 7.92. The monoisotopic (exact) mass is 451 g/mol. The largest absolute Gasteiger partial charge is 0.493 e. The lowest BCUT2D eigenvalue weighted by Gasteiger charge is -2.08. The number of hydrogen-bond donors (Lipinski definition) is 1. The molecule has 1 N–H and O–H groups in total. The minimum Gasteiger partial charge on any atom is -0.493 e. The summed E-state index contributed by atoms with van der Waals surface area (Å²) in [5.74, 6) is 2.13. The molecule has 0 aliphatic carbocycles. The minimum absolute atomic E-state index is 0.196. The van der Waals surface area contributed by atoms with Crippen molar-refractivity contribution in [3.63, 3.8) is 0 Å². The van der Waals surface area contributed by atoms with Gasteiger partial charge in [0.1, 0.15) is 0 Å². The number of anilines is 1. The van der Waals surface area contributed by atoms with Gasteiger partial charge >= 0.3 is 0 Å². The van der Waals surface area contributed by atoms with Crippen LogP contribution in [0.1, 0.15) is 11.5 Å². The Labute approximate surface area is 185 Å². The fourth-order valence-electron chi connectivity index (χ4n) is 3.11. The number of sulfonamides is 1. The van der Waals surface area contributed by atoms with Crippen LogP contribution in [0.5, 0.6) is 11.5 Å². The Morgan fingerprint density at radius 2 is 1.62 bits per heavy atom. The highest BCUT2D eigenvalue weighted by Gasteiger charge is 2.15. The Balaban J connectivity index is 1.47. The van der Waals surface area contributed by atoms with E-state index in [0.717, 1.165) is 5.56 Å². The molecule has 1 heterocycles. The van der Waals surface area contributed by atoms with E-state index < -0.39 is 10.0 Å². The van der Waals surface area contributed by atoms with E-state index in [-0.39, 0.29) is 4.90 Å². The molecule has 0 unspecified atom stereocenters. The Kier molecular flexibility index (Phi) is 6.09. The molecular weight excluding hydrogens is 430 g/mol. The number of methoxy groups -OCH3 is 2. The summed E-state index contributed by atoms with van der Waals surface area (Å²) >= 11 is 0. The maximum atomic E-state index is 12.5. The second-order valence-corrected chi connectivity index (χ2v) is 8.56. The van der Waals surface area contributed by atoms with Gasteiger partial charge in [-0.05, 0) is 54.1 Å². The lowest BCUT2D eigenvalue weighted by molar-refractivity contribution is 0.354. The maximum absolute atomic E-state index is 12.5.